The molecule has 5 rings (SSSR count). The van der Waals surface area contributed by atoms with E-state index in [1.165, 1.54) is 22.9 Å². The Kier molecular flexibility index (Phi) is 6.44. The molecule has 0 spiro atoms. The molecule has 7 heteroatoms. The lowest BCUT2D eigenvalue weighted by molar-refractivity contribution is 0.225. The number of aromatic nitrogens is 3. The number of benzene rings is 3. The number of nitrogens with zero attached hydrogens (tertiary/aromatic N) is 3. The van der Waals surface area contributed by atoms with Gasteiger partial charge in [0.05, 0.1) is 0 Å². The van der Waals surface area contributed by atoms with Crippen LogP contribution in [0.15, 0.2) is 90.6 Å². The molecule has 0 bridgehead atoms. The van der Waals surface area contributed by atoms with Crippen molar-refractivity contribution in [2.75, 3.05) is 11.9 Å². The summed E-state index contributed by atoms with van der Waals surface area (Å²) in [6.45, 7) is 6.23. The minimum absolute atomic E-state index is 0.442. The summed E-state index contributed by atoms with van der Waals surface area (Å²) in [5.74, 6) is 1.98. The fourth-order valence-corrected chi connectivity index (χ4v) is 4.32. The Bertz CT molecular complexity index is 1290. The van der Waals surface area contributed by atoms with E-state index in [-0.39, 0.29) is 0 Å². The summed E-state index contributed by atoms with van der Waals surface area (Å²) in [7, 11) is 0. The second-order valence-electron chi connectivity index (χ2n) is 7.88. The summed E-state index contributed by atoms with van der Waals surface area (Å²) in [6, 6.07) is 24.2. The molecule has 0 amide bonds. The molecule has 34 heavy (non-hydrogen) atoms. The summed E-state index contributed by atoms with van der Waals surface area (Å²) in [5, 5.41) is 12.9. The highest BCUT2D eigenvalue weighted by atomic mass is 32.2. The van der Waals surface area contributed by atoms with Crippen LogP contribution in [0.2, 0.25) is 0 Å². The van der Waals surface area contributed by atoms with E-state index >= 15 is 0 Å². The number of aryl methyl sites for hydroxylation is 1. The molecule has 4 aromatic rings. The molecule has 1 atom stereocenters. The Morgan fingerprint density at radius 2 is 1.82 bits per heavy atom. The Morgan fingerprint density at radius 1 is 1.03 bits per heavy atom. The fourth-order valence-electron chi connectivity index (χ4n) is 3.59. The monoisotopic (exact) mass is 468 g/mol. The van der Waals surface area contributed by atoms with Crippen molar-refractivity contribution < 1.29 is 9.47 Å². The molecule has 0 radical (unpaired) electrons. The van der Waals surface area contributed by atoms with E-state index in [4.69, 9.17) is 14.5 Å². The van der Waals surface area contributed by atoms with Gasteiger partial charge in [-0.15, -0.1) is 10.2 Å². The molecular formula is C27H24N4O2S. The van der Waals surface area contributed by atoms with Crippen molar-refractivity contribution in [1.29, 1.82) is 0 Å². The van der Waals surface area contributed by atoms with Crippen molar-refractivity contribution in [2.45, 2.75) is 24.1 Å². The molecule has 1 N–H and O–H groups in total. The lowest BCUT2D eigenvalue weighted by Gasteiger charge is -2.19. The third-order valence-corrected chi connectivity index (χ3v) is 6.28. The quantitative estimate of drug-likeness (QED) is 0.255. The lowest BCUT2D eigenvalue weighted by Crippen LogP contribution is -2.17. The van der Waals surface area contributed by atoms with Gasteiger partial charge in [0, 0.05) is 22.6 Å². The van der Waals surface area contributed by atoms with Gasteiger partial charge in [-0.05, 0) is 42.8 Å². The van der Waals surface area contributed by atoms with E-state index in [2.05, 4.69) is 53.3 Å². The van der Waals surface area contributed by atoms with Crippen LogP contribution in [-0.2, 0) is 5.75 Å². The summed E-state index contributed by atoms with van der Waals surface area (Å²) in [5.41, 5.74) is 5.83. The van der Waals surface area contributed by atoms with Crippen LogP contribution in [-0.4, -0.2) is 21.8 Å². The Morgan fingerprint density at radius 3 is 2.62 bits per heavy atom. The molecule has 0 saturated heterocycles. The molecule has 170 valence electrons. The largest absolute Gasteiger partial charge is 0.490 e. The van der Waals surface area contributed by atoms with Crippen molar-refractivity contribution in [3.8, 4) is 22.9 Å². The van der Waals surface area contributed by atoms with E-state index in [9.17, 15) is 0 Å². The number of anilines is 1. The Hall–Kier alpha value is -3.84. The molecule has 2 heterocycles. The molecule has 0 unspecified atom stereocenters. The number of para-hydroxylation sites is 1. The predicted molar refractivity (Wildman–Crippen MR) is 135 cm³/mol. The van der Waals surface area contributed by atoms with E-state index in [1.54, 1.807) is 6.08 Å². The summed E-state index contributed by atoms with van der Waals surface area (Å²) >= 11 is 1.54. The van der Waals surface area contributed by atoms with Gasteiger partial charge in [0.2, 0.25) is 11.0 Å². The summed E-state index contributed by atoms with van der Waals surface area (Å²) < 4.78 is 12.0. The lowest BCUT2D eigenvalue weighted by atomic mass is 10.1. The zero-order valence-electron chi connectivity index (χ0n) is 18.8. The molecule has 0 fully saturated rings. The first kappa shape index (κ1) is 22.0. The third-order valence-electron chi connectivity index (χ3n) is 5.37. The van der Waals surface area contributed by atoms with E-state index < -0.39 is 6.23 Å². The second-order valence-corrected chi connectivity index (χ2v) is 8.82. The number of ether oxygens (including phenoxy) is 2. The number of fused-ring (bicyclic) bond motifs is 3. The van der Waals surface area contributed by atoms with Crippen molar-refractivity contribution in [3.05, 3.63) is 102 Å². The van der Waals surface area contributed by atoms with Gasteiger partial charge in [0.15, 0.2) is 11.9 Å². The molecule has 1 aliphatic heterocycles. The van der Waals surface area contributed by atoms with Gasteiger partial charge in [0.1, 0.15) is 12.4 Å². The first-order chi connectivity index (χ1) is 16.7. The first-order valence-electron chi connectivity index (χ1n) is 11.0. The van der Waals surface area contributed by atoms with E-state index in [1.807, 2.05) is 48.5 Å². The highest BCUT2D eigenvalue weighted by Gasteiger charge is 2.26. The zero-order chi connectivity index (χ0) is 23.3. The van der Waals surface area contributed by atoms with Crippen LogP contribution in [0, 0.1) is 6.92 Å². The van der Waals surface area contributed by atoms with Gasteiger partial charge in [-0.2, -0.15) is 4.98 Å². The van der Waals surface area contributed by atoms with Gasteiger partial charge in [0.25, 0.3) is 0 Å². The average molecular weight is 469 g/mol. The second kappa shape index (κ2) is 9.97. The van der Waals surface area contributed by atoms with Gasteiger partial charge in [-0.25, -0.2) is 0 Å². The predicted octanol–water partition coefficient (Wildman–Crippen LogP) is 6.21. The average Bonchev–Trinajstić information content (AvgIpc) is 3.04. The van der Waals surface area contributed by atoms with Crippen LogP contribution in [0.5, 0.6) is 11.6 Å². The topological polar surface area (TPSA) is 69.2 Å². The Labute approximate surface area is 203 Å². The van der Waals surface area contributed by atoms with Gasteiger partial charge >= 0.3 is 0 Å². The van der Waals surface area contributed by atoms with Crippen LogP contribution in [0.1, 0.15) is 22.9 Å². The Balaban J connectivity index is 1.43. The summed E-state index contributed by atoms with van der Waals surface area (Å²) in [6.07, 6.45) is 1.28. The molecule has 3 aromatic carbocycles. The molecular weight excluding hydrogens is 444 g/mol. The minimum atomic E-state index is -0.442. The number of rotatable bonds is 7. The summed E-state index contributed by atoms with van der Waals surface area (Å²) in [4.78, 5) is 4.73. The first-order valence-corrected chi connectivity index (χ1v) is 12.0. The molecule has 1 aromatic heterocycles. The number of hydrogen-bond acceptors (Lipinski definition) is 7. The highest BCUT2D eigenvalue weighted by Crippen LogP contribution is 2.39. The van der Waals surface area contributed by atoms with Crippen LogP contribution in [0.3, 0.4) is 0 Å². The third kappa shape index (κ3) is 4.89. The molecule has 0 aliphatic carbocycles. The number of thioether (sulfide) groups is 1. The molecule has 1 aliphatic rings. The standard InChI is InChI=1S/C27H24N4O2S/c1-3-16-32-21-14-12-20(13-15-21)25-28-23-7-5-4-6-22(23)24-26(33-25)29-27(31-30-24)34-17-19-10-8-18(2)9-11-19/h3-15,25,28H,1,16-17H2,2H3/t25-/m0/s1. The van der Waals surface area contributed by atoms with Crippen LogP contribution < -0.4 is 14.8 Å². The fraction of sp³-hybridized carbons (Fsp3) is 0.148. The van der Waals surface area contributed by atoms with Crippen LogP contribution >= 0.6 is 11.8 Å². The van der Waals surface area contributed by atoms with Crippen molar-refractivity contribution in [2.24, 2.45) is 0 Å². The molecule has 0 saturated carbocycles. The van der Waals surface area contributed by atoms with E-state index in [0.717, 1.165) is 28.3 Å². The maximum absolute atomic E-state index is 6.36. The maximum Gasteiger partial charge on any atom is 0.247 e. The van der Waals surface area contributed by atoms with Crippen molar-refractivity contribution in [1.82, 2.24) is 15.2 Å². The van der Waals surface area contributed by atoms with E-state index in [0.29, 0.717) is 23.3 Å². The smallest absolute Gasteiger partial charge is 0.247 e. The SMILES string of the molecule is C=CCOc1ccc([C@H]2Nc3ccccc3-c3nnc(SCc4ccc(C)cc4)nc3O2)cc1. The minimum Gasteiger partial charge on any atom is -0.490 e. The van der Waals surface area contributed by atoms with Gasteiger partial charge < -0.3 is 14.8 Å². The normalized spacial score (nSPS) is 14.1. The van der Waals surface area contributed by atoms with Crippen LogP contribution in [0.4, 0.5) is 5.69 Å². The molecule has 6 nitrogen and oxygen atoms in total. The highest BCUT2D eigenvalue weighted by molar-refractivity contribution is 7.98. The maximum atomic E-state index is 6.36. The van der Waals surface area contributed by atoms with Gasteiger partial charge in [-0.3, -0.25) is 0 Å². The van der Waals surface area contributed by atoms with Crippen LogP contribution in [0.25, 0.3) is 11.3 Å². The number of hydrogen-bond donors (Lipinski definition) is 1. The zero-order valence-corrected chi connectivity index (χ0v) is 19.6. The number of nitrogens with one attached hydrogen (secondary N) is 1. The van der Waals surface area contributed by atoms with Gasteiger partial charge in [-0.1, -0.05) is 72.4 Å². The van der Waals surface area contributed by atoms with Crippen molar-refractivity contribution in [3.63, 3.8) is 0 Å². The van der Waals surface area contributed by atoms with Crippen molar-refractivity contribution >= 4 is 17.4 Å².